The van der Waals surface area contributed by atoms with Crippen molar-refractivity contribution < 1.29 is 0 Å². The van der Waals surface area contributed by atoms with Crippen LogP contribution in [0.1, 0.15) is 16.0 Å². The first-order chi connectivity index (χ1) is 7.75. The van der Waals surface area contributed by atoms with Gasteiger partial charge in [-0.3, -0.25) is 4.98 Å². The average Bonchev–Trinajstić information content (AvgIpc) is 2.76. The van der Waals surface area contributed by atoms with Gasteiger partial charge < -0.3 is 11.1 Å². The Morgan fingerprint density at radius 1 is 1.38 bits per heavy atom. The van der Waals surface area contributed by atoms with Gasteiger partial charge >= 0.3 is 0 Å². The van der Waals surface area contributed by atoms with E-state index in [2.05, 4.69) is 22.4 Å². The fourth-order valence-electron chi connectivity index (χ4n) is 1.46. The Labute approximate surface area is 99.3 Å². The highest BCUT2D eigenvalue weighted by atomic mass is 32.1. The van der Waals surface area contributed by atoms with E-state index in [0.29, 0.717) is 0 Å². The van der Waals surface area contributed by atoms with Crippen molar-refractivity contribution >= 4 is 17.0 Å². The van der Waals surface area contributed by atoms with Crippen LogP contribution < -0.4 is 11.1 Å². The molecule has 0 atom stereocenters. The molecular formula is C12H15N3S. The van der Waals surface area contributed by atoms with E-state index in [1.165, 1.54) is 10.4 Å². The lowest BCUT2D eigenvalue weighted by Gasteiger charge is -2.06. The van der Waals surface area contributed by atoms with E-state index in [-0.39, 0.29) is 0 Å². The molecule has 0 aliphatic heterocycles. The van der Waals surface area contributed by atoms with Crippen molar-refractivity contribution in [1.29, 1.82) is 0 Å². The molecule has 4 heteroatoms. The van der Waals surface area contributed by atoms with Crippen LogP contribution in [0.25, 0.3) is 0 Å². The Kier molecular flexibility index (Phi) is 3.54. The van der Waals surface area contributed by atoms with Crippen molar-refractivity contribution in [2.24, 2.45) is 0 Å². The summed E-state index contributed by atoms with van der Waals surface area (Å²) in [4.78, 5) is 5.28. The molecule has 3 N–H and O–H groups in total. The van der Waals surface area contributed by atoms with Crippen molar-refractivity contribution in [2.45, 2.75) is 20.0 Å². The monoisotopic (exact) mass is 233 g/mol. The summed E-state index contributed by atoms with van der Waals surface area (Å²) in [6.45, 7) is 3.71. The number of hydrogen-bond acceptors (Lipinski definition) is 4. The van der Waals surface area contributed by atoms with E-state index < -0.39 is 0 Å². The second-order valence-electron chi connectivity index (χ2n) is 3.76. The minimum atomic E-state index is 0.836. The van der Waals surface area contributed by atoms with Crippen LogP contribution in [0.2, 0.25) is 0 Å². The lowest BCUT2D eigenvalue weighted by atomic mass is 10.1. The van der Waals surface area contributed by atoms with Crippen molar-refractivity contribution in [2.75, 3.05) is 5.73 Å². The first-order valence-electron chi connectivity index (χ1n) is 5.19. The van der Waals surface area contributed by atoms with Crippen molar-refractivity contribution in [3.05, 3.63) is 45.9 Å². The number of nitrogens with two attached hydrogens (primary N) is 1. The zero-order valence-corrected chi connectivity index (χ0v) is 10.1. The summed E-state index contributed by atoms with van der Waals surface area (Å²) < 4.78 is 0. The lowest BCUT2D eigenvalue weighted by Crippen LogP contribution is -2.12. The molecule has 0 spiro atoms. The van der Waals surface area contributed by atoms with Crippen LogP contribution in [0.3, 0.4) is 0 Å². The van der Waals surface area contributed by atoms with E-state index >= 15 is 0 Å². The highest BCUT2D eigenvalue weighted by molar-refractivity contribution is 7.09. The Morgan fingerprint density at radius 3 is 2.94 bits per heavy atom. The molecule has 2 rings (SSSR count). The van der Waals surface area contributed by atoms with Gasteiger partial charge in [0.1, 0.15) is 0 Å². The Hall–Kier alpha value is -1.39. The van der Waals surface area contributed by atoms with Gasteiger partial charge in [-0.25, -0.2) is 0 Å². The number of nitrogen functional groups attached to an aromatic ring is 1. The van der Waals surface area contributed by atoms with Gasteiger partial charge in [0.05, 0.1) is 5.51 Å². The molecule has 0 amide bonds. The zero-order chi connectivity index (χ0) is 11.4. The fraction of sp³-hybridized carbons (Fsp3) is 0.250. The molecule has 0 unspecified atom stereocenters. The number of thiazole rings is 1. The summed E-state index contributed by atoms with van der Waals surface area (Å²) in [6, 6.07) is 6.18. The molecule has 16 heavy (non-hydrogen) atoms. The van der Waals surface area contributed by atoms with Crippen LogP contribution in [0, 0.1) is 6.92 Å². The summed E-state index contributed by atoms with van der Waals surface area (Å²) in [7, 11) is 0. The van der Waals surface area contributed by atoms with Gasteiger partial charge in [-0.15, -0.1) is 11.3 Å². The molecule has 0 saturated heterocycles. The second-order valence-corrected chi connectivity index (χ2v) is 4.73. The standard InChI is InChI=1S/C12H15N3S/c1-9-2-3-10(4-12(9)13)5-14-6-11-7-15-8-16-11/h2-4,7-8,14H,5-6,13H2,1H3. The minimum Gasteiger partial charge on any atom is -0.399 e. The molecule has 1 aromatic heterocycles. The van der Waals surface area contributed by atoms with Crippen molar-refractivity contribution in [3.63, 3.8) is 0 Å². The molecule has 0 fully saturated rings. The number of hydrogen-bond donors (Lipinski definition) is 2. The number of aromatic nitrogens is 1. The maximum absolute atomic E-state index is 5.85. The minimum absolute atomic E-state index is 0.836. The molecule has 3 nitrogen and oxygen atoms in total. The molecule has 0 aliphatic carbocycles. The Bertz CT molecular complexity index is 451. The summed E-state index contributed by atoms with van der Waals surface area (Å²) in [6.07, 6.45) is 1.89. The van der Waals surface area contributed by atoms with Crippen LogP contribution in [-0.2, 0) is 13.1 Å². The van der Waals surface area contributed by atoms with E-state index in [0.717, 1.165) is 24.3 Å². The molecule has 0 saturated carbocycles. The third-order valence-corrected chi connectivity index (χ3v) is 3.24. The number of anilines is 1. The predicted octanol–water partition coefficient (Wildman–Crippen LogP) is 2.32. The number of nitrogens with one attached hydrogen (secondary N) is 1. The van der Waals surface area contributed by atoms with Crippen LogP contribution in [0.15, 0.2) is 29.9 Å². The zero-order valence-electron chi connectivity index (χ0n) is 9.23. The van der Waals surface area contributed by atoms with Crippen molar-refractivity contribution in [1.82, 2.24) is 10.3 Å². The molecule has 1 heterocycles. The number of aryl methyl sites for hydroxylation is 1. The van der Waals surface area contributed by atoms with Gasteiger partial charge in [0, 0.05) is 29.9 Å². The highest BCUT2D eigenvalue weighted by Crippen LogP contribution is 2.13. The predicted molar refractivity (Wildman–Crippen MR) is 68.2 cm³/mol. The molecule has 0 radical (unpaired) electrons. The quantitative estimate of drug-likeness (QED) is 0.797. The number of benzene rings is 1. The number of rotatable bonds is 4. The fourth-order valence-corrected chi connectivity index (χ4v) is 2.02. The Morgan fingerprint density at radius 2 is 2.25 bits per heavy atom. The van der Waals surface area contributed by atoms with E-state index in [1.807, 2.05) is 24.7 Å². The maximum atomic E-state index is 5.85. The average molecular weight is 233 g/mol. The van der Waals surface area contributed by atoms with Gasteiger partial charge in [-0.05, 0) is 24.1 Å². The van der Waals surface area contributed by atoms with Crippen LogP contribution in [0.4, 0.5) is 5.69 Å². The van der Waals surface area contributed by atoms with Gasteiger partial charge in [0.25, 0.3) is 0 Å². The molecule has 2 aromatic rings. The summed E-state index contributed by atoms with van der Waals surface area (Å²) in [5, 5.41) is 3.37. The first-order valence-corrected chi connectivity index (χ1v) is 6.07. The molecule has 0 aliphatic rings. The Balaban J connectivity index is 1.87. The van der Waals surface area contributed by atoms with Crippen LogP contribution in [-0.4, -0.2) is 4.98 Å². The smallest absolute Gasteiger partial charge is 0.0794 e. The first kappa shape index (κ1) is 11.1. The summed E-state index contributed by atoms with van der Waals surface area (Å²) in [5.74, 6) is 0. The normalized spacial score (nSPS) is 10.6. The third-order valence-electron chi connectivity index (χ3n) is 2.46. The largest absolute Gasteiger partial charge is 0.399 e. The van der Waals surface area contributed by atoms with Gasteiger partial charge in [-0.1, -0.05) is 12.1 Å². The van der Waals surface area contributed by atoms with Gasteiger partial charge in [0.2, 0.25) is 0 Å². The van der Waals surface area contributed by atoms with E-state index in [1.54, 1.807) is 11.3 Å². The molecule has 0 bridgehead atoms. The molecule has 1 aromatic carbocycles. The maximum Gasteiger partial charge on any atom is 0.0794 e. The van der Waals surface area contributed by atoms with E-state index in [9.17, 15) is 0 Å². The van der Waals surface area contributed by atoms with Crippen LogP contribution in [0.5, 0.6) is 0 Å². The lowest BCUT2D eigenvalue weighted by molar-refractivity contribution is 0.700. The second kappa shape index (κ2) is 5.09. The van der Waals surface area contributed by atoms with Gasteiger partial charge in [0.15, 0.2) is 0 Å². The highest BCUT2D eigenvalue weighted by Gasteiger charge is 1.98. The molecule has 84 valence electrons. The SMILES string of the molecule is Cc1ccc(CNCc2cncs2)cc1N. The van der Waals surface area contributed by atoms with Gasteiger partial charge in [-0.2, -0.15) is 0 Å². The molecular weight excluding hydrogens is 218 g/mol. The summed E-state index contributed by atoms with van der Waals surface area (Å²) in [5.41, 5.74) is 10.9. The topological polar surface area (TPSA) is 50.9 Å². The van der Waals surface area contributed by atoms with E-state index in [4.69, 9.17) is 5.73 Å². The number of nitrogens with zero attached hydrogens (tertiary/aromatic N) is 1. The van der Waals surface area contributed by atoms with Crippen LogP contribution >= 0.6 is 11.3 Å². The van der Waals surface area contributed by atoms with Crippen molar-refractivity contribution in [3.8, 4) is 0 Å². The third kappa shape index (κ3) is 2.81. The summed E-state index contributed by atoms with van der Waals surface area (Å²) >= 11 is 1.67.